The molecule has 0 saturated heterocycles. The second-order valence-electron chi connectivity index (χ2n) is 3.18. The smallest absolute Gasteiger partial charge is 0.342 e. The van der Waals surface area contributed by atoms with Gasteiger partial charge in [0, 0.05) is 11.8 Å². The number of aliphatic hydroxyl groups is 1. The van der Waals surface area contributed by atoms with Gasteiger partial charge < -0.3 is 9.84 Å². The first-order valence-electron chi connectivity index (χ1n) is 4.49. The van der Waals surface area contributed by atoms with Crippen molar-refractivity contribution < 1.29 is 19.0 Å². The number of pyridine rings is 1. The minimum absolute atomic E-state index is 0.0703. The predicted molar refractivity (Wildman–Crippen MR) is 50.4 cm³/mol. The van der Waals surface area contributed by atoms with E-state index < -0.39 is 17.4 Å². The molecule has 0 saturated carbocycles. The van der Waals surface area contributed by atoms with Crippen molar-refractivity contribution in [2.45, 2.75) is 19.4 Å². The van der Waals surface area contributed by atoms with E-state index in [9.17, 15) is 14.3 Å². The summed E-state index contributed by atoms with van der Waals surface area (Å²) in [7, 11) is 0. The first-order chi connectivity index (χ1) is 6.98. The lowest BCUT2D eigenvalue weighted by atomic mass is 9.98. The SMILES string of the molecule is CCOC(=O)C(C)(O)c1cncc(F)c1. The Bertz CT molecular complexity index is 365. The Kier molecular flexibility index (Phi) is 3.36. The van der Waals surface area contributed by atoms with E-state index in [4.69, 9.17) is 0 Å². The van der Waals surface area contributed by atoms with Crippen LogP contribution in [-0.2, 0) is 15.1 Å². The topological polar surface area (TPSA) is 59.4 Å². The van der Waals surface area contributed by atoms with Gasteiger partial charge in [0.05, 0.1) is 12.8 Å². The van der Waals surface area contributed by atoms with Gasteiger partial charge in [-0.3, -0.25) is 4.98 Å². The van der Waals surface area contributed by atoms with Crippen LogP contribution in [0.15, 0.2) is 18.5 Å². The molecular formula is C10H12FNO3. The highest BCUT2D eigenvalue weighted by Gasteiger charge is 2.34. The Morgan fingerprint density at radius 2 is 2.33 bits per heavy atom. The Balaban J connectivity index is 2.99. The molecule has 1 rings (SSSR count). The summed E-state index contributed by atoms with van der Waals surface area (Å²) in [6.45, 7) is 3.01. The fourth-order valence-corrected chi connectivity index (χ4v) is 1.07. The van der Waals surface area contributed by atoms with Crippen molar-refractivity contribution in [3.05, 3.63) is 29.8 Å². The fraction of sp³-hybridized carbons (Fsp3) is 0.400. The number of rotatable bonds is 3. The van der Waals surface area contributed by atoms with Gasteiger partial charge in [0.25, 0.3) is 0 Å². The van der Waals surface area contributed by atoms with Crippen molar-refractivity contribution in [3.8, 4) is 0 Å². The summed E-state index contributed by atoms with van der Waals surface area (Å²) in [5.41, 5.74) is -1.80. The predicted octanol–water partition coefficient (Wildman–Crippen LogP) is 0.991. The molecule has 1 aromatic rings. The van der Waals surface area contributed by atoms with E-state index in [2.05, 4.69) is 9.72 Å². The van der Waals surface area contributed by atoms with Gasteiger partial charge in [-0.25, -0.2) is 9.18 Å². The summed E-state index contributed by atoms with van der Waals surface area (Å²) in [5.74, 6) is -1.44. The molecule has 0 aliphatic heterocycles. The van der Waals surface area contributed by atoms with E-state index in [1.54, 1.807) is 6.92 Å². The number of carbonyl (C=O) groups excluding carboxylic acids is 1. The lowest BCUT2D eigenvalue weighted by molar-refractivity contribution is -0.164. The third-order valence-electron chi connectivity index (χ3n) is 1.94. The van der Waals surface area contributed by atoms with Gasteiger partial charge in [-0.15, -0.1) is 0 Å². The van der Waals surface area contributed by atoms with Gasteiger partial charge in [-0.2, -0.15) is 0 Å². The van der Waals surface area contributed by atoms with Crippen molar-refractivity contribution in [2.24, 2.45) is 0 Å². The minimum atomic E-state index is -1.87. The number of esters is 1. The Morgan fingerprint density at radius 1 is 1.67 bits per heavy atom. The van der Waals surface area contributed by atoms with Crippen molar-refractivity contribution in [1.29, 1.82) is 0 Å². The van der Waals surface area contributed by atoms with Crippen LogP contribution in [-0.4, -0.2) is 22.7 Å². The average molecular weight is 213 g/mol. The summed E-state index contributed by atoms with van der Waals surface area (Å²) in [5, 5.41) is 9.83. The fourth-order valence-electron chi connectivity index (χ4n) is 1.07. The number of hydrogen-bond donors (Lipinski definition) is 1. The monoisotopic (exact) mass is 213 g/mol. The highest BCUT2D eigenvalue weighted by Crippen LogP contribution is 2.21. The molecule has 0 fully saturated rings. The van der Waals surface area contributed by atoms with Crippen LogP contribution in [0.25, 0.3) is 0 Å². The maximum atomic E-state index is 12.8. The maximum absolute atomic E-state index is 12.8. The number of halogens is 1. The summed E-state index contributed by atoms with van der Waals surface area (Å²) < 4.78 is 17.5. The molecule has 0 aliphatic carbocycles. The molecule has 5 heteroatoms. The van der Waals surface area contributed by atoms with Gasteiger partial charge in [0.1, 0.15) is 5.82 Å². The van der Waals surface area contributed by atoms with Crippen LogP contribution in [0.3, 0.4) is 0 Å². The molecule has 0 aliphatic rings. The lowest BCUT2D eigenvalue weighted by Crippen LogP contribution is -2.34. The molecule has 0 radical (unpaired) electrons. The zero-order chi connectivity index (χ0) is 11.5. The molecular weight excluding hydrogens is 201 g/mol. The molecule has 0 amide bonds. The Hall–Kier alpha value is -1.49. The maximum Gasteiger partial charge on any atom is 0.342 e. The van der Waals surface area contributed by atoms with Crippen molar-refractivity contribution >= 4 is 5.97 Å². The van der Waals surface area contributed by atoms with E-state index in [1.807, 2.05) is 0 Å². The molecule has 15 heavy (non-hydrogen) atoms. The largest absolute Gasteiger partial charge is 0.464 e. The molecule has 1 aromatic heterocycles. The zero-order valence-corrected chi connectivity index (χ0v) is 8.53. The quantitative estimate of drug-likeness (QED) is 0.761. The van der Waals surface area contributed by atoms with Gasteiger partial charge >= 0.3 is 5.97 Å². The minimum Gasteiger partial charge on any atom is -0.464 e. The Morgan fingerprint density at radius 3 is 2.87 bits per heavy atom. The zero-order valence-electron chi connectivity index (χ0n) is 8.53. The van der Waals surface area contributed by atoms with Crippen molar-refractivity contribution in [1.82, 2.24) is 4.98 Å². The second-order valence-corrected chi connectivity index (χ2v) is 3.18. The molecule has 1 N–H and O–H groups in total. The van der Waals surface area contributed by atoms with Gasteiger partial charge in [0.2, 0.25) is 0 Å². The molecule has 0 bridgehead atoms. The van der Waals surface area contributed by atoms with Crippen LogP contribution in [0.2, 0.25) is 0 Å². The lowest BCUT2D eigenvalue weighted by Gasteiger charge is -2.20. The highest BCUT2D eigenvalue weighted by molar-refractivity contribution is 5.80. The third kappa shape index (κ3) is 2.50. The molecule has 1 heterocycles. The number of carbonyl (C=O) groups is 1. The molecule has 0 aromatic carbocycles. The van der Waals surface area contributed by atoms with Crippen molar-refractivity contribution in [2.75, 3.05) is 6.61 Å². The van der Waals surface area contributed by atoms with Crippen LogP contribution in [0.1, 0.15) is 19.4 Å². The first kappa shape index (κ1) is 11.6. The molecule has 82 valence electrons. The van der Waals surface area contributed by atoms with Crippen LogP contribution in [0, 0.1) is 5.82 Å². The van der Waals surface area contributed by atoms with E-state index in [0.717, 1.165) is 12.3 Å². The average Bonchev–Trinajstić information content (AvgIpc) is 2.18. The summed E-state index contributed by atoms with van der Waals surface area (Å²) >= 11 is 0. The summed E-state index contributed by atoms with van der Waals surface area (Å²) in [6.07, 6.45) is 2.21. The van der Waals surface area contributed by atoms with Gasteiger partial charge in [-0.05, 0) is 19.9 Å². The number of ether oxygens (including phenoxy) is 1. The third-order valence-corrected chi connectivity index (χ3v) is 1.94. The van der Waals surface area contributed by atoms with Crippen LogP contribution in [0.5, 0.6) is 0 Å². The number of nitrogens with zero attached hydrogens (tertiary/aromatic N) is 1. The second kappa shape index (κ2) is 4.35. The van der Waals surface area contributed by atoms with Gasteiger partial charge in [-0.1, -0.05) is 0 Å². The number of hydrogen-bond acceptors (Lipinski definition) is 4. The van der Waals surface area contributed by atoms with Crippen LogP contribution < -0.4 is 0 Å². The molecule has 4 nitrogen and oxygen atoms in total. The normalized spacial score (nSPS) is 14.4. The summed E-state index contributed by atoms with van der Waals surface area (Å²) in [6, 6.07) is 1.05. The van der Waals surface area contributed by atoms with E-state index >= 15 is 0 Å². The van der Waals surface area contributed by atoms with E-state index in [0.29, 0.717) is 0 Å². The highest BCUT2D eigenvalue weighted by atomic mass is 19.1. The first-order valence-corrected chi connectivity index (χ1v) is 4.49. The van der Waals surface area contributed by atoms with Crippen LogP contribution in [0.4, 0.5) is 4.39 Å². The standard InChI is InChI=1S/C10H12FNO3/c1-3-15-9(13)10(2,14)7-4-8(11)6-12-5-7/h4-6,14H,3H2,1-2H3. The van der Waals surface area contributed by atoms with Crippen LogP contribution >= 0.6 is 0 Å². The summed E-state index contributed by atoms with van der Waals surface area (Å²) in [4.78, 5) is 14.9. The molecule has 1 unspecified atom stereocenters. The molecule has 0 spiro atoms. The van der Waals surface area contributed by atoms with Gasteiger partial charge in [0.15, 0.2) is 5.60 Å². The number of aromatic nitrogens is 1. The van der Waals surface area contributed by atoms with E-state index in [-0.39, 0.29) is 12.2 Å². The van der Waals surface area contributed by atoms with Crippen molar-refractivity contribution in [3.63, 3.8) is 0 Å². The molecule has 1 atom stereocenters. The Labute approximate surface area is 86.7 Å². The van der Waals surface area contributed by atoms with E-state index in [1.165, 1.54) is 13.1 Å².